The van der Waals surface area contributed by atoms with E-state index in [-0.39, 0.29) is 17.6 Å². The third-order valence-electron chi connectivity index (χ3n) is 3.90. The van der Waals surface area contributed by atoms with Crippen molar-refractivity contribution >= 4 is 5.91 Å². The number of ether oxygens (including phenoxy) is 3. The van der Waals surface area contributed by atoms with E-state index in [9.17, 15) is 4.79 Å². The van der Waals surface area contributed by atoms with E-state index in [1.54, 1.807) is 19.2 Å². The average Bonchev–Trinajstić information content (AvgIpc) is 3.08. The monoisotopic (exact) mass is 331 g/mol. The van der Waals surface area contributed by atoms with Crippen molar-refractivity contribution in [2.75, 3.05) is 26.9 Å². The molecule has 6 heteroatoms. The molecule has 1 amide bonds. The minimum atomic E-state index is -0.249. The van der Waals surface area contributed by atoms with E-state index in [1.807, 2.05) is 25.1 Å². The molecule has 2 aromatic rings. The van der Waals surface area contributed by atoms with Crippen LogP contribution in [0.5, 0.6) is 17.4 Å². The van der Waals surface area contributed by atoms with Crippen molar-refractivity contribution in [2.45, 2.75) is 13.3 Å². The summed E-state index contributed by atoms with van der Waals surface area (Å²) in [6, 6.07) is 9.07. The maximum Gasteiger partial charge on any atom is 0.287 e. The maximum absolute atomic E-state index is 12.1. The van der Waals surface area contributed by atoms with Gasteiger partial charge in [0.1, 0.15) is 11.5 Å². The molecule has 6 nitrogen and oxygen atoms in total. The average molecular weight is 331 g/mol. The number of methoxy groups -OCH3 is 1. The molecule has 1 aromatic carbocycles. The van der Waals surface area contributed by atoms with Crippen LogP contribution in [0.2, 0.25) is 0 Å². The van der Waals surface area contributed by atoms with E-state index in [1.165, 1.54) is 0 Å². The third-order valence-corrected chi connectivity index (χ3v) is 3.90. The summed E-state index contributed by atoms with van der Waals surface area (Å²) in [5.74, 6) is 2.21. The largest absolute Gasteiger partial charge is 0.497 e. The zero-order valence-electron chi connectivity index (χ0n) is 13.8. The Labute approximate surface area is 140 Å². The lowest BCUT2D eigenvalue weighted by molar-refractivity contribution is 0.0903. The van der Waals surface area contributed by atoms with Gasteiger partial charge in [-0.25, -0.2) is 0 Å². The minimum absolute atomic E-state index is 0.219. The number of nitrogens with one attached hydrogen (secondary N) is 1. The molecule has 1 N–H and O–H groups in total. The van der Waals surface area contributed by atoms with E-state index in [0.717, 1.165) is 23.5 Å². The fourth-order valence-electron chi connectivity index (χ4n) is 2.66. The Morgan fingerprint density at radius 2 is 2.21 bits per heavy atom. The summed E-state index contributed by atoms with van der Waals surface area (Å²) in [6.45, 7) is 3.44. The summed E-state index contributed by atoms with van der Waals surface area (Å²) >= 11 is 0. The van der Waals surface area contributed by atoms with Gasteiger partial charge in [0.2, 0.25) is 0 Å². The van der Waals surface area contributed by atoms with Crippen LogP contribution in [0, 0.1) is 5.92 Å². The van der Waals surface area contributed by atoms with Crippen molar-refractivity contribution in [3.05, 3.63) is 41.7 Å². The van der Waals surface area contributed by atoms with Crippen LogP contribution in [0.15, 0.2) is 34.7 Å². The molecule has 3 rings (SSSR count). The van der Waals surface area contributed by atoms with Crippen LogP contribution in [0.25, 0.3) is 0 Å². The van der Waals surface area contributed by atoms with Crippen LogP contribution >= 0.6 is 0 Å². The molecule has 1 aliphatic heterocycles. The Kier molecular flexibility index (Phi) is 4.93. The molecule has 1 atom stereocenters. The zero-order valence-corrected chi connectivity index (χ0v) is 13.8. The summed E-state index contributed by atoms with van der Waals surface area (Å²) in [7, 11) is 1.63. The van der Waals surface area contributed by atoms with Gasteiger partial charge in [0.05, 0.1) is 20.3 Å². The summed E-state index contributed by atoms with van der Waals surface area (Å²) in [5.41, 5.74) is 1.12. The molecule has 0 fully saturated rings. The van der Waals surface area contributed by atoms with E-state index in [2.05, 4.69) is 5.32 Å². The molecule has 0 bridgehead atoms. The quantitative estimate of drug-likeness (QED) is 0.881. The second-order valence-corrected chi connectivity index (χ2v) is 5.62. The molecular formula is C18H21NO5. The van der Waals surface area contributed by atoms with E-state index < -0.39 is 0 Å². The first-order valence-electron chi connectivity index (χ1n) is 8.00. The Morgan fingerprint density at radius 3 is 3.00 bits per heavy atom. The molecule has 2 heterocycles. The Bertz CT molecular complexity index is 709. The molecular weight excluding hydrogens is 310 g/mol. The highest BCUT2D eigenvalue weighted by atomic mass is 16.6. The molecule has 24 heavy (non-hydrogen) atoms. The SMILES string of the molecule is CCOc1ccc(C(=O)NC[C@H]2COc3cc(OC)ccc3C2)o1. The van der Waals surface area contributed by atoms with Crippen molar-refractivity contribution < 1.29 is 23.4 Å². The lowest BCUT2D eigenvalue weighted by Gasteiger charge is -2.25. The number of carbonyl (C=O) groups is 1. The first kappa shape index (κ1) is 16.2. The smallest absolute Gasteiger partial charge is 0.287 e. The molecule has 0 radical (unpaired) electrons. The van der Waals surface area contributed by atoms with Crippen molar-refractivity contribution in [2.24, 2.45) is 5.92 Å². The van der Waals surface area contributed by atoms with E-state index >= 15 is 0 Å². The summed E-state index contributed by atoms with van der Waals surface area (Å²) in [4.78, 5) is 12.1. The first-order chi connectivity index (χ1) is 11.7. The molecule has 1 aromatic heterocycles. The van der Waals surface area contributed by atoms with Gasteiger partial charge < -0.3 is 23.9 Å². The van der Waals surface area contributed by atoms with Gasteiger partial charge >= 0.3 is 0 Å². The third kappa shape index (κ3) is 3.64. The van der Waals surface area contributed by atoms with Gasteiger partial charge in [-0.15, -0.1) is 0 Å². The number of hydrogen-bond acceptors (Lipinski definition) is 5. The fraction of sp³-hybridized carbons (Fsp3) is 0.389. The predicted octanol–water partition coefficient (Wildman–Crippen LogP) is 2.67. The Morgan fingerprint density at radius 1 is 1.33 bits per heavy atom. The lowest BCUT2D eigenvalue weighted by atomic mass is 9.96. The highest BCUT2D eigenvalue weighted by molar-refractivity contribution is 5.91. The van der Waals surface area contributed by atoms with Crippen LogP contribution < -0.4 is 19.5 Å². The number of rotatable bonds is 6. The zero-order chi connectivity index (χ0) is 16.9. The molecule has 0 aliphatic carbocycles. The highest BCUT2D eigenvalue weighted by Crippen LogP contribution is 2.30. The van der Waals surface area contributed by atoms with Crippen LogP contribution in [-0.4, -0.2) is 32.8 Å². The maximum atomic E-state index is 12.1. The number of carbonyl (C=O) groups excluding carboxylic acids is 1. The molecule has 0 saturated heterocycles. The second kappa shape index (κ2) is 7.29. The summed E-state index contributed by atoms with van der Waals surface area (Å²) in [5, 5.41) is 2.88. The van der Waals surface area contributed by atoms with Gasteiger partial charge in [0.15, 0.2) is 5.76 Å². The second-order valence-electron chi connectivity index (χ2n) is 5.62. The molecule has 128 valence electrons. The van der Waals surface area contributed by atoms with Crippen LogP contribution in [0.4, 0.5) is 0 Å². The Hall–Kier alpha value is -2.63. The molecule has 0 spiro atoms. The van der Waals surface area contributed by atoms with Gasteiger partial charge in [-0.1, -0.05) is 6.07 Å². The lowest BCUT2D eigenvalue weighted by Crippen LogP contribution is -2.34. The van der Waals surface area contributed by atoms with Crippen molar-refractivity contribution in [3.8, 4) is 17.4 Å². The van der Waals surface area contributed by atoms with E-state index in [0.29, 0.717) is 25.7 Å². The molecule has 0 saturated carbocycles. The fourth-order valence-corrected chi connectivity index (χ4v) is 2.66. The van der Waals surface area contributed by atoms with Crippen LogP contribution in [0.1, 0.15) is 23.0 Å². The van der Waals surface area contributed by atoms with Gasteiger partial charge in [-0.2, -0.15) is 0 Å². The standard InChI is InChI=1S/C18H21NO5/c1-3-22-17-7-6-15(24-17)18(20)19-10-12-8-13-4-5-14(21-2)9-16(13)23-11-12/h4-7,9,12H,3,8,10-11H2,1-2H3,(H,19,20)/t12-/m0/s1. The minimum Gasteiger partial charge on any atom is -0.497 e. The van der Waals surface area contributed by atoms with Gasteiger partial charge in [-0.05, 0) is 31.0 Å². The number of furan rings is 1. The number of benzene rings is 1. The first-order valence-corrected chi connectivity index (χ1v) is 8.00. The predicted molar refractivity (Wildman–Crippen MR) is 87.9 cm³/mol. The number of hydrogen-bond donors (Lipinski definition) is 1. The Balaban J connectivity index is 1.54. The van der Waals surface area contributed by atoms with Crippen molar-refractivity contribution in [3.63, 3.8) is 0 Å². The van der Waals surface area contributed by atoms with Crippen LogP contribution in [0.3, 0.4) is 0 Å². The van der Waals surface area contributed by atoms with Gasteiger partial charge in [0.25, 0.3) is 11.9 Å². The van der Waals surface area contributed by atoms with Gasteiger partial charge in [-0.3, -0.25) is 4.79 Å². The summed E-state index contributed by atoms with van der Waals surface area (Å²) in [6.07, 6.45) is 0.849. The van der Waals surface area contributed by atoms with E-state index in [4.69, 9.17) is 18.6 Å². The molecule has 0 unspecified atom stereocenters. The normalized spacial score (nSPS) is 16.0. The van der Waals surface area contributed by atoms with Crippen molar-refractivity contribution in [1.82, 2.24) is 5.32 Å². The number of amides is 1. The number of fused-ring (bicyclic) bond motifs is 1. The molecule has 1 aliphatic rings. The van der Waals surface area contributed by atoms with Gasteiger partial charge in [0, 0.05) is 24.6 Å². The van der Waals surface area contributed by atoms with Crippen LogP contribution in [-0.2, 0) is 6.42 Å². The highest BCUT2D eigenvalue weighted by Gasteiger charge is 2.22. The summed E-state index contributed by atoms with van der Waals surface area (Å²) < 4.78 is 21.5. The van der Waals surface area contributed by atoms with Crippen molar-refractivity contribution in [1.29, 1.82) is 0 Å². The topological polar surface area (TPSA) is 69.9 Å².